The van der Waals surface area contributed by atoms with Crippen molar-refractivity contribution in [2.75, 3.05) is 25.6 Å². The Balaban J connectivity index is 1.81. The Morgan fingerprint density at radius 2 is 1.74 bits per heavy atom. The van der Waals surface area contributed by atoms with Gasteiger partial charge in [0.1, 0.15) is 5.75 Å². The SMILES string of the molecule is COC(=O)COc1ccc(NC(=O)CNC(=O)Cc2ccccc2)c(C)c1. The minimum atomic E-state index is -0.476. The molecular formula is C20H22N2O5. The summed E-state index contributed by atoms with van der Waals surface area (Å²) in [7, 11) is 1.29. The van der Waals surface area contributed by atoms with E-state index in [9.17, 15) is 14.4 Å². The van der Waals surface area contributed by atoms with Crippen molar-refractivity contribution in [3.05, 3.63) is 59.7 Å². The van der Waals surface area contributed by atoms with Crippen LogP contribution in [-0.4, -0.2) is 38.0 Å². The minimum Gasteiger partial charge on any atom is -0.482 e. The van der Waals surface area contributed by atoms with E-state index >= 15 is 0 Å². The Morgan fingerprint density at radius 3 is 2.41 bits per heavy atom. The lowest BCUT2D eigenvalue weighted by atomic mass is 10.1. The van der Waals surface area contributed by atoms with Crippen LogP contribution in [0.2, 0.25) is 0 Å². The quantitative estimate of drug-likeness (QED) is 0.692. The maximum Gasteiger partial charge on any atom is 0.343 e. The Labute approximate surface area is 157 Å². The lowest BCUT2D eigenvalue weighted by Gasteiger charge is -2.11. The van der Waals surface area contributed by atoms with Crippen molar-refractivity contribution in [1.82, 2.24) is 5.32 Å². The summed E-state index contributed by atoms with van der Waals surface area (Å²) in [5.41, 5.74) is 2.25. The number of carbonyl (C=O) groups is 3. The van der Waals surface area contributed by atoms with Crippen molar-refractivity contribution in [2.24, 2.45) is 0 Å². The average Bonchev–Trinajstić information content (AvgIpc) is 2.67. The molecule has 2 amide bonds. The van der Waals surface area contributed by atoms with Crippen molar-refractivity contribution in [2.45, 2.75) is 13.3 Å². The average molecular weight is 370 g/mol. The fraction of sp³-hybridized carbons (Fsp3) is 0.250. The first-order chi connectivity index (χ1) is 13.0. The molecule has 2 N–H and O–H groups in total. The molecule has 0 radical (unpaired) electrons. The molecule has 0 unspecified atom stereocenters. The van der Waals surface area contributed by atoms with Crippen LogP contribution in [0.4, 0.5) is 5.69 Å². The Bertz CT molecular complexity index is 805. The maximum atomic E-state index is 12.0. The van der Waals surface area contributed by atoms with Gasteiger partial charge in [0, 0.05) is 5.69 Å². The Kier molecular flexibility index (Phi) is 7.37. The van der Waals surface area contributed by atoms with Crippen molar-refractivity contribution in [3.63, 3.8) is 0 Å². The van der Waals surface area contributed by atoms with Gasteiger partial charge in [-0.25, -0.2) is 4.79 Å². The zero-order valence-electron chi connectivity index (χ0n) is 15.3. The molecule has 0 saturated heterocycles. The van der Waals surface area contributed by atoms with Crippen LogP contribution in [0.5, 0.6) is 5.75 Å². The largest absolute Gasteiger partial charge is 0.482 e. The van der Waals surface area contributed by atoms with Gasteiger partial charge < -0.3 is 20.1 Å². The summed E-state index contributed by atoms with van der Waals surface area (Å²) in [5.74, 6) is -0.536. The standard InChI is InChI=1S/C20H22N2O5/c1-14-10-16(27-13-20(25)26-2)8-9-17(14)22-19(24)12-21-18(23)11-15-6-4-3-5-7-15/h3-10H,11-13H2,1-2H3,(H,21,23)(H,22,24). The topological polar surface area (TPSA) is 93.7 Å². The molecule has 2 rings (SSSR count). The second-order valence-corrected chi connectivity index (χ2v) is 5.83. The van der Waals surface area contributed by atoms with Gasteiger partial charge in [0.25, 0.3) is 0 Å². The number of carbonyl (C=O) groups excluding carboxylic acids is 3. The first kappa shape index (κ1) is 20.0. The minimum absolute atomic E-state index is 0.119. The molecule has 0 aliphatic carbocycles. The number of rotatable bonds is 8. The van der Waals surface area contributed by atoms with E-state index in [4.69, 9.17) is 4.74 Å². The third-order valence-electron chi connectivity index (χ3n) is 3.71. The zero-order chi connectivity index (χ0) is 19.6. The number of esters is 1. The van der Waals surface area contributed by atoms with E-state index in [1.807, 2.05) is 30.3 Å². The second kappa shape index (κ2) is 9.96. The highest BCUT2D eigenvalue weighted by Gasteiger charge is 2.09. The van der Waals surface area contributed by atoms with Gasteiger partial charge in [0.05, 0.1) is 20.1 Å². The molecule has 2 aromatic rings. The Hall–Kier alpha value is -3.35. The number of nitrogens with one attached hydrogen (secondary N) is 2. The Morgan fingerprint density at radius 1 is 1.00 bits per heavy atom. The smallest absolute Gasteiger partial charge is 0.343 e. The second-order valence-electron chi connectivity index (χ2n) is 5.83. The molecule has 0 aliphatic rings. The van der Waals surface area contributed by atoms with E-state index in [2.05, 4.69) is 15.4 Å². The first-order valence-corrected chi connectivity index (χ1v) is 8.38. The fourth-order valence-corrected chi connectivity index (χ4v) is 2.28. The normalized spacial score (nSPS) is 10.0. The lowest BCUT2D eigenvalue weighted by Crippen LogP contribution is -2.33. The van der Waals surface area contributed by atoms with Gasteiger partial charge in [-0.05, 0) is 36.2 Å². The van der Waals surface area contributed by atoms with Crippen LogP contribution in [0, 0.1) is 6.92 Å². The van der Waals surface area contributed by atoms with E-state index in [1.54, 1.807) is 25.1 Å². The summed E-state index contributed by atoms with van der Waals surface area (Å²) >= 11 is 0. The van der Waals surface area contributed by atoms with E-state index < -0.39 is 5.97 Å². The summed E-state index contributed by atoms with van der Waals surface area (Å²) in [6, 6.07) is 14.3. The van der Waals surface area contributed by atoms with Gasteiger partial charge >= 0.3 is 5.97 Å². The molecule has 0 bridgehead atoms. The number of anilines is 1. The molecule has 0 spiro atoms. The van der Waals surface area contributed by atoms with E-state index in [1.165, 1.54) is 7.11 Å². The van der Waals surface area contributed by atoms with Crippen molar-refractivity contribution in [1.29, 1.82) is 0 Å². The summed E-state index contributed by atoms with van der Waals surface area (Å²) in [5, 5.41) is 5.33. The van der Waals surface area contributed by atoms with Crippen LogP contribution < -0.4 is 15.4 Å². The van der Waals surface area contributed by atoms with Gasteiger partial charge in [-0.2, -0.15) is 0 Å². The number of hydrogen-bond donors (Lipinski definition) is 2. The van der Waals surface area contributed by atoms with Crippen molar-refractivity contribution < 1.29 is 23.9 Å². The molecule has 0 saturated carbocycles. The molecule has 0 fully saturated rings. The molecule has 0 aromatic heterocycles. The van der Waals surface area contributed by atoms with E-state index in [0.29, 0.717) is 11.4 Å². The number of amides is 2. The van der Waals surface area contributed by atoms with Gasteiger partial charge in [-0.1, -0.05) is 30.3 Å². The molecule has 27 heavy (non-hydrogen) atoms. The van der Waals surface area contributed by atoms with Crippen LogP contribution >= 0.6 is 0 Å². The highest BCUT2D eigenvalue weighted by atomic mass is 16.6. The number of benzene rings is 2. The summed E-state index contributed by atoms with van der Waals surface area (Å²) in [6.07, 6.45) is 0.222. The number of hydrogen-bond acceptors (Lipinski definition) is 5. The molecular weight excluding hydrogens is 348 g/mol. The maximum absolute atomic E-state index is 12.0. The lowest BCUT2D eigenvalue weighted by molar-refractivity contribution is -0.142. The van der Waals surface area contributed by atoms with Crippen LogP contribution in [0.3, 0.4) is 0 Å². The third-order valence-corrected chi connectivity index (χ3v) is 3.71. The molecule has 7 nitrogen and oxygen atoms in total. The van der Waals surface area contributed by atoms with E-state index in [0.717, 1.165) is 11.1 Å². The number of ether oxygens (including phenoxy) is 2. The predicted octanol–water partition coefficient (Wildman–Crippen LogP) is 1.84. The van der Waals surface area contributed by atoms with Gasteiger partial charge in [-0.15, -0.1) is 0 Å². The van der Waals surface area contributed by atoms with Crippen molar-refractivity contribution >= 4 is 23.5 Å². The summed E-state index contributed by atoms with van der Waals surface area (Å²) in [6.45, 7) is 1.50. The van der Waals surface area contributed by atoms with Crippen LogP contribution in [0.25, 0.3) is 0 Å². The molecule has 0 aliphatic heterocycles. The zero-order valence-corrected chi connectivity index (χ0v) is 15.3. The number of aryl methyl sites for hydroxylation is 1. The third kappa shape index (κ3) is 6.81. The monoisotopic (exact) mass is 370 g/mol. The molecule has 0 heterocycles. The molecule has 7 heteroatoms. The van der Waals surface area contributed by atoms with Crippen LogP contribution in [-0.2, 0) is 25.5 Å². The van der Waals surface area contributed by atoms with Crippen molar-refractivity contribution in [3.8, 4) is 5.75 Å². The van der Waals surface area contributed by atoms with Gasteiger partial charge in [0.2, 0.25) is 11.8 Å². The predicted molar refractivity (Wildman–Crippen MR) is 100 cm³/mol. The molecule has 2 aromatic carbocycles. The van der Waals surface area contributed by atoms with Crippen LogP contribution in [0.1, 0.15) is 11.1 Å². The first-order valence-electron chi connectivity index (χ1n) is 8.38. The fourth-order valence-electron chi connectivity index (χ4n) is 2.28. The van der Waals surface area contributed by atoms with Gasteiger partial charge in [-0.3, -0.25) is 9.59 Å². The highest BCUT2D eigenvalue weighted by Crippen LogP contribution is 2.21. The van der Waals surface area contributed by atoms with E-state index in [-0.39, 0.29) is 31.4 Å². The summed E-state index contributed by atoms with van der Waals surface area (Å²) in [4.78, 5) is 35.0. The van der Waals surface area contributed by atoms with Gasteiger partial charge in [0.15, 0.2) is 6.61 Å². The molecule has 0 atom stereocenters. The van der Waals surface area contributed by atoms with Crippen LogP contribution in [0.15, 0.2) is 48.5 Å². The number of methoxy groups -OCH3 is 1. The summed E-state index contributed by atoms with van der Waals surface area (Å²) < 4.78 is 9.80. The molecule has 142 valence electrons. The highest BCUT2D eigenvalue weighted by molar-refractivity contribution is 5.95.